The first-order valence-corrected chi connectivity index (χ1v) is 7.75. The molecule has 2 aromatic rings. The Kier molecular flexibility index (Phi) is 5.92. The molecule has 0 bridgehead atoms. The van der Waals surface area contributed by atoms with E-state index in [4.69, 9.17) is 4.74 Å². The molecule has 130 valence electrons. The number of rotatable bonds is 7. The molecule has 1 heterocycles. The number of hydrogen-bond donors (Lipinski definition) is 1. The number of hydrogen-bond acceptors (Lipinski definition) is 4. The van der Waals surface area contributed by atoms with Gasteiger partial charge >= 0.3 is 0 Å². The maximum Gasteiger partial charge on any atom is 0.239 e. The molecule has 6 nitrogen and oxygen atoms in total. The summed E-state index contributed by atoms with van der Waals surface area (Å²) in [6.45, 7) is 4.63. The average Bonchev–Trinajstić information content (AvgIpc) is 2.95. The first kappa shape index (κ1) is 17.9. The van der Waals surface area contributed by atoms with Gasteiger partial charge in [-0.25, -0.2) is 9.07 Å². The summed E-state index contributed by atoms with van der Waals surface area (Å²) in [5.74, 6) is 0.322. The number of benzene rings is 1. The van der Waals surface area contributed by atoms with Gasteiger partial charge in [0.1, 0.15) is 5.82 Å². The lowest BCUT2D eigenvalue weighted by Crippen LogP contribution is -2.30. The van der Waals surface area contributed by atoms with Crippen LogP contribution in [-0.2, 0) is 11.3 Å². The van der Waals surface area contributed by atoms with Gasteiger partial charge in [0.25, 0.3) is 0 Å². The maximum absolute atomic E-state index is 13.7. The number of amides is 1. The molecule has 0 spiro atoms. The predicted octanol–water partition coefficient (Wildman–Crippen LogP) is 2.68. The first-order chi connectivity index (χ1) is 11.4. The summed E-state index contributed by atoms with van der Waals surface area (Å²) < 4.78 is 20.3. The van der Waals surface area contributed by atoms with Crippen LogP contribution < -0.4 is 10.1 Å². The fraction of sp³-hybridized carbons (Fsp3) is 0.412. The van der Waals surface area contributed by atoms with Crippen LogP contribution in [0.2, 0.25) is 0 Å². The van der Waals surface area contributed by atoms with Crippen molar-refractivity contribution < 1.29 is 13.9 Å². The zero-order valence-corrected chi connectivity index (χ0v) is 14.4. The quantitative estimate of drug-likeness (QED) is 0.846. The molecule has 1 aromatic heterocycles. The molecule has 0 radical (unpaired) electrons. The number of nitrogens with zero attached hydrogens (tertiary/aromatic N) is 3. The van der Waals surface area contributed by atoms with E-state index in [1.165, 1.54) is 13.2 Å². The number of methoxy groups -OCH3 is 1. The molecule has 0 fully saturated rings. The van der Waals surface area contributed by atoms with E-state index in [0.29, 0.717) is 12.4 Å². The maximum atomic E-state index is 13.7. The predicted molar refractivity (Wildman–Crippen MR) is 90.5 cm³/mol. The van der Waals surface area contributed by atoms with Crippen molar-refractivity contribution >= 4 is 11.7 Å². The van der Waals surface area contributed by atoms with Gasteiger partial charge in [-0.1, -0.05) is 6.07 Å². The van der Waals surface area contributed by atoms with Crippen LogP contribution in [0.5, 0.6) is 5.75 Å². The molecule has 0 saturated heterocycles. The van der Waals surface area contributed by atoms with Crippen LogP contribution in [-0.4, -0.2) is 41.3 Å². The molecular weight excluding hydrogens is 311 g/mol. The van der Waals surface area contributed by atoms with Gasteiger partial charge in [-0.2, -0.15) is 5.10 Å². The number of ether oxygens (including phenoxy) is 1. The molecule has 24 heavy (non-hydrogen) atoms. The van der Waals surface area contributed by atoms with Gasteiger partial charge in [-0.3, -0.25) is 9.69 Å². The Bertz CT molecular complexity index is 700. The van der Waals surface area contributed by atoms with Gasteiger partial charge in [0.05, 0.1) is 19.9 Å². The van der Waals surface area contributed by atoms with Crippen molar-refractivity contribution in [3.05, 3.63) is 41.8 Å². The Hall–Kier alpha value is -2.41. The number of anilines is 1. The highest BCUT2D eigenvalue weighted by Crippen LogP contribution is 2.18. The molecule has 1 N–H and O–H groups in total. The fourth-order valence-electron chi connectivity index (χ4n) is 2.43. The summed E-state index contributed by atoms with van der Waals surface area (Å²) in [5, 5.41) is 7.02. The minimum atomic E-state index is -0.409. The minimum absolute atomic E-state index is 0.145. The van der Waals surface area contributed by atoms with E-state index in [2.05, 4.69) is 10.4 Å². The number of nitrogens with one attached hydrogen (secondary N) is 1. The highest BCUT2D eigenvalue weighted by atomic mass is 19.1. The molecule has 1 amide bonds. The molecule has 0 aliphatic carbocycles. The van der Waals surface area contributed by atoms with E-state index in [1.807, 2.05) is 25.8 Å². The standard InChI is InChI=1S/C17H23FN4O2/c1-12(2)22-16(7-8-19-22)20-17(23)11-21(3)10-13-5-6-15(24-4)14(18)9-13/h5-9,12H,10-11H2,1-4H3,(H,20,23). The van der Waals surface area contributed by atoms with Crippen LogP contribution in [0.3, 0.4) is 0 Å². The largest absolute Gasteiger partial charge is 0.494 e. The zero-order valence-electron chi connectivity index (χ0n) is 14.4. The summed E-state index contributed by atoms with van der Waals surface area (Å²) >= 11 is 0. The number of aromatic nitrogens is 2. The Morgan fingerprint density at radius 3 is 2.79 bits per heavy atom. The third kappa shape index (κ3) is 4.55. The summed E-state index contributed by atoms with van der Waals surface area (Å²) in [6.07, 6.45) is 1.65. The van der Waals surface area contributed by atoms with Crippen LogP contribution in [0.15, 0.2) is 30.5 Å². The smallest absolute Gasteiger partial charge is 0.239 e. The fourth-order valence-corrected chi connectivity index (χ4v) is 2.43. The highest BCUT2D eigenvalue weighted by molar-refractivity contribution is 5.91. The zero-order chi connectivity index (χ0) is 17.7. The number of carbonyl (C=O) groups excluding carboxylic acids is 1. The summed E-state index contributed by atoms with van der Waals surface area (Å²) in [5.41, 5.74) is 0.774. The Balaban J connectivity index is 1.92. The summed E-state index contributed by atoms with van der Waals surface area (Å²) in [6, 6.07) is 6.71. The van der Waals surface area contributed by atoms with Crippen LogP contribution in [0, 0.1) is 5.82 Å². The molecular formula is C17H23FN4O2. The van der Waals surface area contributed by atoms with Crippen molar-refractivity contribution in [3.8, 4) is 5.75 Å². The molecule has 0 saturated carbocycles. The average molecular weight is 334 g/mol. The van der Waals surface area contributed by atoms with Crippen LogP contribution in [0.1, 0.15) is 25.5 Å². The lowest BCUT2D eigenvalue weighted by Gasteiger charge is -2.17. The van der Waals surface area contributed by atoms with Crippen molar-refractivity contribution in [1.29, 1.82) is 0 Å². The van der Waals surface area contributed by atoms with Crippen molar-refractivity contribution in [3.63, 3.8) is 0 Å². The topological polar surface area (TPSA) is 59.4 Å². The van der Waals surface area contributed by atoms with Crippen molar-refractivity contribution in [2.45, 2.75) is 26.4 Å². The van der Waals surface area contributed by atoms with Gasteiger partial charge in [0.15, 0.2) is 11.6 Å². The Labute approximate surface area is 141 Å². The molecule has 0 aliphatic heterocycles. The molecule has 0 aliphatic rings. The molecule has 0 unspecified atom stereocenters. The van der Waals surface area contributed by atoms with Crippen molar-refractivity contribution in [2.75, 3.05) is 26.0 Å². The van der Waals surface area contributed by atoms with Gasteiger partial charge in [-0.15, -0.1) is 0 Å². The first-order valence-electron chi connectivity index (χ1n) is 7.75. The van der Waals surface area contributed by atoms with Crippen molar-refractivity contribution in [2.24, 2.45) is 0 Å². The van der Waals surface area contributed by atoms with E-state index in [0.717, 1.165) is 5.56 Å². The second-order valence-corrected chi connectivity index (χ2v) is 5.94. The second kappa shape index (κ2) is 7.92. The number of halogens is 1. The Morgan fingerprint density at radius 2 is 2.17 bits per heavy atom. The lowest BCUT2D eigenvalue weighted by atomic mass is 10.2. The van der Waals surface area contributed by atoms with Crippen LogP contribution >= 0.6 is 0 Å². The van der Waals surface area contributed by atoms with E-state index < -0.39 is 5.82 Å². The number of likely N-dealkylation sites (N-methyl/N-ethyl adjacent to an activating group) is 1. The number of carbonyl (C=O) groups is 1. The normalized spacial score (nSPS) is 11.1. The third-order valence-corrected chi connectivity index (χ3v) is 3.51. The Morgan fingerprint density at radius 1 is 1.42 bits per heavy atom. The van der Waals surface area contributed by atoms with E-state index in [9.17, 15) is 9.18 Å². The minimum Gasteiger partial charge on any atom is -0.494 e. The van der Waals surface area contributed by atoms with Crippen LogP contribution in [0.4, 0.5) is 10.2 Å². The van der Waals surface area contributed by atoms with Gasteiger partial charge in [0, 0.05) is 18.7 Å². The van der Waals surface area contributed by atoms with Gasteiger partial charge < -0.3 is 10.1 Å². The summed E-state index contributed by atoms with van der Waals surface area (Å²) in [7, 11) is 3.23. The summed E-state index contributed by atoms with van der Waals surface area (Å²) in [4.78, 5) is 14.0. The lowest BCUT2D eigenvalue weighted by molar-refractivity contribution is -0.117. The van der Waals surface area contributed by atoms with E-state index in [-0.39, 0.29) is 24.2 Å². The third-order valence-electron chi connectivity index (χ3n) is 3.51. The molecule has 0 atom stereocenters. The van der Waals surface area contributed by atoms with Crippen molar-refractivity contribution in [1.82, 2.24) is 14.7 Å². The van der Waals surface area contributed by atoms with Gasteiger partial charge in [-0.05, 0) is 38.6 Å². The van der Waals surface area contributed by atoms with Crippen LogP contribution in [0.25, 0.3) is 0 Å². The molecule has 1 aromatic carbocycles. The van der Waals surface area contributed by atoms with Gasteiger partial charge in [0.2, 0.25) is 5.91 Å². The second-order valence-electron chi connectivity index (χ2n) is 5.94. The van der Waals surface area contributed by atoms with E-state index in [1.54, 1.807) is 29.1 Å². The highest BCUT2D eigenvalue weighted by Gasteiger charge is 2.12. The molecule has 7 heteroatoms. The molecule has 2 rings (SSSR count). The monoisotopic (exact) mass is 334 g/mol. The SMILES string of the molecule is COc1ccc(CN(C)CC(=O)Nc2ccnn2C(C)C)cc1F. The van der Waals surface area contributed by atoms with E-state index >= 15 is 0 Å².